The molecule has 4 N–H and O–H groups in total. The zero-order valence-corrected chi connectivity index (χ0v) is 17.4. The Bertz CT molecular complexity index is 650. The molecule has 3 amide bonds. The number of hydrogen-bond donors (Lipinski definition) is 3. The summed E-state index contributed by atoms with van der Waals surface area (Å²) in [6.07, 6.45) is 0.272. The van der Waals surface area contributed by atoms with Gasteiger partial charge in [-0.15, -0.1) is 0 Å². The molecule has 2 saturated heterocycles. The van der Waals surface area contributed by atoms with E-state index < -0.39 is 42.0 Å². The van der Waals surface area contributed by atoms with Gasteiger partial charge in [-0.05, 0) is 39.5 Å². The monoisotopic (exact) mass is 411 g/mol. The van der Waals surface area contributed by atoms with Gasteiger partial charge in [0, 0.05) is 19.5 Å². The van der Waals surface area contributed by atoms with Gasteiger partial charge in [0.25, 0.3) is 0 Å². The first kappa shape index (κ1) is 23.3. The van der Waals surface area contributed by atoms with Crippen LogP contribution in [0.4, 0.5) is 0 Å². The molecule has 2 rings (SSSR count). The third kappa shape index (κ3) is 5.14. The average molecular weight is 411 g/mol. The largest absolute Gasteiger partial charge is 0.393 e. The second-order valence-electron chi connectivity index (χ2n) is 8.33. The first-order chi connectivity index (χ1) is 13.6. The van der Waals surface area contributed by atoms with E-state index in [0.29, 0.717) is 38.8 Å². The molecule has 2 aliphatic rings. The van der Waals surface area contributed by atoms with Crippen LogP contribution in [0.1, 0.15) is 52.9 Å². The lowest BCUT2D eigenvalue weighted by Gasteiger charge is -2.33. The molecule has 0 aromatic carbocycles. The van der Waals surface area contributed by atoms with Crippen LogP contribution in [-0.4, -0.2) is 80.9 Å². The third-order valence-corrected chi connectivity index (χ3v) is 6.21. The van der Waals surface area contributed by atoms with Crippen molar-refractivity contribution in [1.29, 1.82) is 0 Å². The Hall–Kier alpha value is -2.00. The molecule has 0 radical (unpaired) electrons. The van der Waals surface area contributed by atoms with Crippen LogP contribution < -0.4 is 5.73 Å². The number of carbonyl (C=O) groups is 4. The summed E-state index contributed by atoms with van der Waals surface area (Å²) in [7, 11) is 0. The summed E-state index contributed by atoms with van der Waals surface area (Å²) in [6.45, 7) is 5.45. The van der Waals surface area contributed by atoms with E-state index in [1.165, 1.54) is 16.7 Å². The topological polar surface area (TPSA) is 141 Å². The molecule has 2 fully saturated rings. The maximum Gasteiger partial charge on any atom is 0.245 e. The van der Waals surface area contributed by atoms with Crippen molar-refractivity contribution in [1.82, 2.24) is 9.80 Å². The predicted molar refractivity (Wildman–Crippen MR) is 104 cm³/mol. The van der Waals surface area contributed by atoms with Gasteiger partial charge in [0.2, 0.25) is 17.7 Å². The van der Waals surface area contributed by atoms with Crippen LogP contribution in [0, 0.1) is 11.8 Å². The molecule has 0 aliphatic carbocycles. The fourth-order valence-electron chi connectivity index (χ4n) is 4.17. The van der Waals surface area contributed by atoms with Crippen LogP contribution in [0.25, 0.3) is 0 Å². The first-order valence-electron chi connectivity index (χ1n) is 10.3. The second kappa shape index (κ2) is 9.67. The maximum absolute atomic E-state index is 13.2. The van der Waals surface area contributed by atoms with Crippen LogP contribution in [-0.2, 0) is 19.2 Å². The van der Waals surface area contributed by atoms with Crippen molar-refractivity contribution in [3.63, 3.8) is 0 Å². The molecule has 29 heavy (non-hydrogen) atoms. The minimum atomic E-state index is -1.05. The summed E-state index contributed by atoms with van der Waals surface area (Å²) >= 11 is 0. The van der Waals surface area contributed by atoms with Gasteiger partial charge in [0.1, 0.15) is 6.04 Å². The summed E-state index contributed by atoms with van der Waals surface area (Å²) in [6, 6.07) is -1.31. The third-order valence-electron chi connectivity index (χ3n) is 6.21. The Morgan fingerprint density at radius 1 is 0.931 bits per heavy atom. The number of aliphatic hydroxyl groups excluding tert-OH is 2. The molecule has 0 spiro atoms. The van der Waals surface area contributed by atoms with Gasteiger partial charge >= 0.3 is 0 Å². The molecule has 0 saturated carbocycles. The van der Waals surface area contributed by atoms with Crippen molar-refractivity contribution in [2.75, 3.05) is 13.1 Å². The summed E-state index contributed by atoms with van der Waals surface area (Å²) in [5, 5.41) is 19.4. The normalized spacial score (nSPS) is 26.1. The highest BCUT2D eigenvalue weighted by molar-refractivity contribution is 5.95. The van der Waals surface area contributed by atoms with Crippen LogP contribution in [0.3, 0.4) is 0 Å². The number of rotatable bonds is 8. The van der Waals surface area contributed by atoms with E-state index in [4.69, 9.17) is 5.73 Å². The fraction of sp³-hybridized carbons (Fsp3) is 0.800. The molecule has 0 aromatic heterocycles. The lowest BCUT2D eigenvalue weighted by Crippen LogP contribution is -2.52. The number of aliphatic hydroxyl groups is 2. The highest BCUT2D eigenvalue weighted by Crippen LogP contribution is 2.28. The minimum Gasteiger partial charge on any atom is -0.393 e. The quantitative estimate of drug-likeness (QED) is 0.488. The maximum atomic E-state index is 13.2. The zero-order chi connectivity index (χ0) is 21.9. The second-order valence-corrected chi connectivity index (χ2v) is 8.33. The van der Waals surface area contributed by atoms with Crippen molar-refractivity contribution in [2.24, 2.45) is 17.6 Å². The lowest BCUT2D eigenvalue weighted by atomic mass is 9.92. The molecule has 0 bridgehead atoms. The van der Waals surface area contributed by atoms with Gasteiger partial charge in [-0.1, -0.05) is 6.92 Å². The fourth-order valence-corrected chi connectivity index (χ4v) is 4.17. The van der Waals surface area contributed by atoms with Crippen LogP contribution in [0.15, 0.2) is 0 Å². The zero-order valence-electron chi connectivity index (χ0n) is 17.4. The molecule has 0 aromatic rings. The number of carbonyl (C=O) groups excluding carboxylic acids is 4. The molecule has 2 aliphatic heterocycles. The van der Waals surface area contributed by atoms with Crippen molar-refractivity contribution >= 4 is 23.5 Å². The number of Topliss-reactive ketones (excluding diaryl/α,β-unsaturated/α-hetero) is 1. The van der Waals surface area contributed by atoms with E-state index in [-0.39, 0.29) is 24.0 Å². The number of primary amides is 1. The van der Waals surface area contributed by atoms with E-state index in [1.807, 2.05) is 0 Å². The smallest absolute Gasteiger partial charge is 0.245 e. The Morgan fingerprint density at radius 2 is 1.48 bits per heavy atom. The summed E-state index contributed by atoms with van der Waals surface area (Å²) in [4.78, 5) is 53.2. The Balaban J connectivity index is 2.11. The van der Waals surface area contributed by atoms with Gasteiger partial charge in [-0.3, -0.25) is 19.2 Å². The number of amides is 3. The van der Waals surface area contributed by atoms with Gasteiger partial charge in [-0.2, -0.15) is 0 Å². The Labute approximate surface area is 171 Å². The van der Waals surface area contributed by atoms with E-state index >= 15 is 0 Å². The van der Waals surface area contributed by atoms with Gasteiger partial charge < -0.3 is 25.7 Å². The van der Waals surface area contributed by atoms with Crippen molar-refractivity contribution in [3.8, 4) is 0 Å². The number of nitrogens with zero attached hydrogens (tertiary/aromatic N) is 2. The van der Waals surface area contributed by atoms with Crippen LogP contribution in [0.2, 0.25) is 0 Å². The minimum absolute atomic E-state index is 0.214. The highest BCUT2D eigenvalue weighted by atomic mass is 16.3. The molecule has 9 heteroatoms. The molecular formula is C20H33N3O6. The molecule has 0 unspecified atom stereocenters. The predicted octanol–water partition coefficient (Wildman–Crippen LogP) is -0.573. The number of hydrogen-bond acceptors (Lipinski definition) is 6. The number of ketones is 1. The highest BCUT2D eigenvalue weighted by Gasteiger charge is 2.43. The molecule has 6 atom stereocenters. The molecule has 9 nitrogen and oxygen atoms in total. The van der Waals surface area contributed by atoms with Crippen LogP contribution in [0.5, 0.6) is 0 Å². The van der Waals surface area contributed by atoms with Gasteiger partial charge in [0.15, 0.2) is 5.78 Å². The average Bonchev–Trinajstić information content (AvgIpc) is 3.32. The van der Waals surface area contributed by atoms with E-state index in [2.05, 4.69) is 0 Å². The number of nitrogens with two attached hydrogens (primary N) is 1. The summed E-state index contributed by atoms with van der Waals surface area (Å²) < 4.78 is 0. The number of likely N-dealkylation sites (tertiary alicyclic amines) is 2. The van der Waals surface area contributed by atoms with E-state index in [1.54, 1.807) is 13.8 Å². The first-order valence-corrected chi connectivity index (χ1v) is 10.3. The van der Waals surface area contributed by atoms with Gasteiger partial charge in [-0.25, -0.2) is 0 Å². The Kier molecular flexibility index (Phi) is 7.76. The molecule has 164 valence electrons. The lowest BCUT2D eigenvalue weighted by molar-refractivity contribution is -0.149. The summed E-state index contributed by atoms with van der Waals surface area (Å²) in [5.41, 5.74) is 5.29. The summed E-state index contributed by atoms with van der Waals surface area (Å²) in [5.74, 6) is -3.17. The van der Waals surface area contributed by atoms with Crippen molar-refractivity contribution in [3.05, 3.63) is 0 Å². The van der Waals surface area contributed by atoms with Crippen molar-refractivity contribution < 1.29 is 29.4 Å². The molecular weight excluding hydrogens is 378 g/mol. The van der Waals surface area contributed by atoms with Crippen molar-refractivity contribution in [2.45, 2.75) is 77.2 Å². The standard InChI is InChI=1S/C20H33N3O6/c1-11(12(2)24)19(28)23-9-5-7-16(23)20(29)22-8-4-6-15(22)17(26)10-14(13(3)25)18(21)27/h11-16,24-25H,4-10H2,1-3H3,(H2,21,27)/t11-,12+,13+,14-,15+,16+/m0/s1. The Morgan fingerprint density at radius 3 is 2.00 bits per heavy atom. The molecule has 2 heterocycles. The van der Waals surface area contributed by atoms with E-state index in [9.17, 15) is 29.4 Å². The van der Waals surface area contributed by atoms with Gasteiger partial charge in [0.05, 0.1) is 30.1 Å². The van der Waals surface area contributed by atoms with E-state index in [0.717, 1.165) is 0 Å². The SMILES string of the molecule is C[C@H](C(=O)N1CCC[C@@H]1C(=O)N1CCC[C@@H]1C(=O)C[C@H](C(N)=O)[C@@H](C)O)[C@@H](C)O. The van der Waals surface area contributed by atoms with Crippen LogP contribution >= 0.6 is 0 Å².